The second-order valence-electron chi connectivity index (χ2n) is 8.34. The van der Waals surface area contributed by atoms with Crippen LogP contribution in [0.2, 0.25) is 0 Å². The molecule has 3 atom stereocenters. The molecular formula is C26H25N3O4. The highest BCUT2D eigenvalue weighted by molar-refractivity contribution is 6.07. The molecule has 0 bridgehead atoms. The average Bonchev–Trinajstić information content (AvgIpc) is 2.84. The molecule has 0 spiro atoms. The van der Waals surface area contributed by atoms with E-state index in [1.54, 1.807) is 47.4 Å². The second kappa shape index (κ2) is 8.67. The van der Waals surface area contributed by atoms with Gasteiger partial charge in [-0.15, -0.1) is 0 Å². The number of pyridine rings is 1. The lowest BCUT2D eigenvalue weighted by Crippen LogP contribution is -2.71. The van der Waals surface area contributed by atoms with Crippen molar-refractivity contribution in [2.75, 3.05) is 25.2 Å². The summed E-state index contributed by atoms with van der Waals surface area (Å²) in [5.41, 5.74) is 3.05. The maximum absolute atomic E-state index is 13.5. The zero-order chi connectivity index (χ0) is 22.9. The number of likely N-dealkylation sites (tertiary alicyclic amines) is 1. The number of nitrogens with zero attached hydrogens (tertiary/aromatic N) is 3. The first kappa shape index (κ1) is 21.2. The van der Waals surface area contributed by atoms with Gasteiger partial charge in [-0.25, -0.2) is 0 Å². The molecule has 3 aromatic rings. The molecule has 1 N–H and O–H groups in total. The number of aromatic nitrogens is 1. The summed E-state index contributed by atoms with van der Waals surface area (Å²) in [7, 11) is 1.59. The van der Waals surface area contributed by atoms with Crippen LogP contribution < -0.4 is 9.64 Å². The SMILES string of the molecule is COc1ccc(C(=O)N2C[C@H]3[C@@H](c4ccccc42)[C@@H](CO)N3C(=O)Cc2ccccn2)cc1. The molecule has 1 fully saturated rings. The first-order valence-electron chi connectivity index (χ1n) is 11.0. The van der Waals surface area contributed by atoms with E-state index < -0.39 is 0 Å². The molecule has 2 aliphatic rings. The maximum atomic E-state index is 13.5. The number of aliphatic hydroxyl groups excluding tert-OH is 1. The van der Waals surface area contributed by atoms with Gasteiger partial charge < -0.3 is 19.6 Å². The number of para-hydroxylation sites is 1. The fourth-order valence-corrected chi connectivity index (χ4v) is 5.07. The van der Waals surface area contributed by atoms with Crippen LogP contribution in [0.15, 0.2) is 72.9 Å². The summed E-state index contributed by atoms with van der Waals surface area (Å²) in [5.74, 6) is 0.443. The van der Waals surface area contributed by atoms with Crippen LogP contribution in [0.5, 0.6) is 5.75 Å². The van der Waals surface area contributed by atoms with Gasteiger partial charge in [0.25, 0.3) is 5.91 Å². The van der Waals surface area contributed by atoms with Gasteiger partial charge in [0.2, 0.25) is 5.91 Å². The monoisotopic (exact) mass is 443 g/mol. The number of anilines is 1. The average molecular weight is 444 g/mol. The molecule has 3 heterocycles. The third-order valence-electron chi connectivity index (χ3n) is 6.62. The van der Waals surface area contributed by atoms with Gasteiger partial charge in [-0.3, -0.25) is 14.6 Å². The zero-order valence-electron chi connectivity index (χ0n) is 18.3. The summed E-state index contributed by atoms with van der Waals surface area (Å²) < 4.78 is 5.21. The number of hydrogen-bond donors (Lipinski definition) is 1. The minimum atomic E-state index is -0.314. The van der Waals surface area contributed by atoms with Crippen LogP contribution in [0.3, 0.4) is 0 Å². The molecule has 33 heavy (non-hydrogen) atoms. The third-order valence-corrected chi connectivity index (χ3v) is 6.62. The van der Waals surface area contributed by atoms with Crippen LogP contribution in [0.25, 0.3) is 0 Å². The Morgan fingerprint density at radius 3 is 2.52 bits per heavy atom. The molecule has 7 heteroatoms. The molecule has 0 radical (unpaired) electrons. The normalized spacial score (nSPS) is 21.0. The molecular weight excluding hydrogens is 418 g/mol. The Labute approximate surface area is 192 Å². The summed E-state index contributed by atoms with van der Waals surface area (Å²) in [6.07, 6.45) is 1.83. The molecule has 0 aliphatic carbocycles. The molecule has 0 unspecified atom stereocenters. The predicted octanol–water partition coefficient (Wildman–Crippen LogP) is 2.65. The van der Waals surface area contributed by atoms with Gasteiger partial charge in [-0.05, 0) is 48.0 Å². The summed E-state index contributed by atoms with van der Waals surface area (Å²) in [4.78, 5) is 34.4. The van der Waals surface area contributed by atoms with Crippen molar-refractivity contribution in [1.82, 2.24) is 9.88 Å². The van der Waals surface area contributed by atoms with E-state index in [1.807, 2.05) is 42.5 Å². The molecule has 1 saturated heterocycles. The topological polar surface area (TPSA) is 83.0 Å². The molecule has 168 valence electrons. The van der Waals surface area contributed by atoms with Crippen LogP contribution in [0.1, 0.15) is 27.5 Å². The van der Waals surface area contributed by atoms with E-state index in [1.165, 1.54) is 0 Å². The largest absolute Gasteiger partial charge is 0.497 e. The molecule has 2 aliphatic heterocycles. The number of hydrogen-bond acceptors (Lipinski definition) is 5. The van der Waals surface area contributed by atoms with Crippen molar-refractivity contribution in [3.8, 4) is 5.75 Å². The highest BCUT2D eigenvalue weighted by atomic mass is 16.5. The van der Waals surface area contributed by atoms with E-state index in [2.05, 4.69) is 4.98 Å². The van der Waals surface area contributed by atoms with Gasteiger partial charge in [0.1, 0.15) is 5.75 Å². The quantitative estimate of drug-likeness (QED) is 0.656. The highest BCUT2D eigenvalue weighted by Crippen LogP contribution is 2.48. The molecule has 2 aromatic carbocycles. The predicted molar refractivity (Wildman–Crippen MR) is 123 cm³/mol. The zero-order valence-corrected chi connectivity index (χ0v) is 18.3. The van der Waals surface area contributed by atoms with E-state index >= 15 is 0 Å². The fraction of sp³-hybridized carbons (Fsp3) is 0.269. The Morgan fingerprint density at radius 2 is 1.82 bits per heavy atom. The number of carbonyl (C=O) groups is 2. The number of amides is 2. The first-order valence-corrected chi connectivity index (χ1v) is 11.0. The Kier molecular flexibility index (Phi) is 5.56. The minimum absolute atomic E-state index is 0.0150. The molecule has 1 aromatic heterocycles. The summed E-state index contributed by atoms with van der Waals surface area (Å²) in [6, 6.07) is 19.8. The molecule has 2 amide bonds. The van der Waals surface area contributed by atoms with Crippen LogP contribution in [-0.4, -0.2) is 59.1 Å². The van der Waals surface area contributed by atoms with Gasteiger partial charge in [-0.2, -0.15) is 0 Å². The first-order chi connectivity index (χ1) is 16.1. The van der Waals surface area contributed by atoms with Crippen molar-refractivity contribution in [3.05, 3.63) is 89.7 Å². The fourth-order valence-electron chi connectivity index (χ4n) is 5.07. The Bertz CT molecular complexity index is 1170. The smallest absolute Gasteiger partial charge is 0.258 e. The van der Waals surface area contributed by atoms with Crippen LogP contribution in [0.4, 0.5) is 5.69 Å². The number of methoxy groups -OCH3 is 1. The van der Waals surface area contributed by atoms with Crippen molar-refractivity contribution >= 4 is 17.5 Å². The summed E-state index contributed by atoms with van der Waals surface area (Å²) in [5, 5.41) is 10.1. The van der Waals surface area contributed by atoms with Crippen molar-refractivity contribution in [2.24, 2.45) is 0 Å². The lowest BCUT2D eigenvalue weighted by atomic mass is 9.71. The minimum Gasteiger partial charge on any atom is -0.497 e. The number of benzene rings is 2. The van der Waals surface area contributed by atoms with Gasteiger partial charge in [-0.1, -0.05) is 24.3 Å². The Hall–Kier alpha value is -3.71. The maximum Gasteiger partial charge on any atom is 0.258 e. The number of fused-ring (bicyclic) bond motifs is 3. The third kappa shape index (κ3) is 3.64. The number of rotatable bonds is 5. The van der Waals surface area contributed by atoms with Gasteiger partial charge in [0.15, 0.2) is 0 Å². The summed E-state index contributed by atoms with van der Waals surface area (Å²) >= 11 is 0. The lowest BCUT2D eigenvalue weighted by molar-refractivity contribution is -0.149. The van der Waals surface area contributed by atoms with E-state index in [9.17, 15) is 14.7 Å². The molecule has 0 saturated carbocycles. The van der Waals surface area contributed by atoms with Crippen LogP contribution in [-0.2, 0) is 11.2 Å². The van der Waals surface area contributed by atoms with Crippen molar-refractivity contribution in [3.63, 3.8) is 0 Å². The van der Waals surface area contributed by atoms with Gasteiger partial charge >= 0.3 is 0 Å². The van der Waals surface area contributed by atoms with E-state index in [0.717, 1.165) is 11.3 Å². The van der Waals surface area contributed by atoms with Crippen LogP contribution in [0, 0.1) is 0 Å². The number of ether oxygens (including phenoxy) is 1. The Morgan fingerprint density at radius 1 is 1.06 bits per heavy atom. The van der Waals surface area contributed by atoms with Gasteiger partial charge in [0.05, 0.1) is 32.2 Å². The standard InChI is InChI=1S/C26H25N3O4/c1-33-19-11-9-17(10-12-19)26(32)28-15-22-25(20-7-2-3-8-21(20)28)23(16-30)29(22)24(31)14-18-6-4-5-13-27-18/h2-13,22-23,25,30H,14-16H2,1H3/t22-,23+,25+/m0/s1. The van der Waals surface area contributed by atoms with Crippen molar-refractivity contribution in [1.29, 1.82) is 0 Å². The highest BCUT2D eigenvalue weighted by Gasteiger charge is 2.55. The lowest BCUT2D eigenvalue weighted by Gasteiger charge is -2.59. The van der Waals surface area contributed by atoms with E-state index in [4.69, 9.17) is 4.74 Å². The van der Waals surface area contributed by atoms with Crippen molar-refractivity contribution < 1.29 is 19.4 Å². The van der Waals surface area contributed by atoms with E-state index in [-0.39, 0.29) is 42.8 Å². The Balaban J connectivity index is 1.46. The van der Waals surface area contributed by atoms with Crippen molar-refractivity contribution in [2.45, 2.75) is 24.4 Å². The second-order valence-corrected chi connectivity index (χ2v) is 8.34. The van der Waals surface area contributed by atoms with Crippen LogP contribution >= 0.6 is 0 Å². The van der Waals surface area contributed by atoms with Gasteiger partial charge in [0, 0.05) is 35.6 Å². The summed E-state index contributed by atoms with van der Waals surface area (Å²) in [6.45, 7) is 0.243. The molecule has 5 rings (SSSR count). The number of aliphatic hydroxyl groups is 1. The van der Waals surface area contributed by atoms with E-state index in [0.29, 0.717) is 23.6 Å². The molecule has 7 nitrogen and oxygen atoms in total. The number of carbonyl (C=O) groups excluding carboxylic acids is 2.